The molecule has 1 aliphatic heterocycles. The number of hydrogen-bond donors (Lipinski definition) is 2. The van der Waals surface area contributed by atoms with Crippen molar-refractivity contribution in [2.45, 2.75) is 12.5 Å². The monoisotopic (exact) mass is 232 g/mol. The molecule has 0 aromatic carbocycles. The number of hydrogen-bond acceptors (Lipinski definition) is 4. The lowest BCUT2D eigenvalue weighted by atomic mass is 10.2. The van der Waals surface area contributed by atoms with Gasteiger partial charge in [0, 0.05) is 12.0 Å². The molecule has 6 heteroatoms. The first kappa shape index (κ1) is 10.2. The SMILES string of the molecule is O=C(NC1CCOC1)c1ccc2cn[nH]c2n1. The fourth-order valence-corrected chi connectivity index (χ4v) is 1.86. The van der Waals surface area contributed by atoms with Crippen molar-refractivity contribution in [2.24, 2.45) is 0 Å². The van der Waals surface area contributed by atoms with Gasteiger partial charge in [0.1, 0.15) is 5.69 Å². The van der Waals surface area contributed by atoms with Gasteiger partial charge in [0.15, 0.2) is 5.65 Å². The molecule has 6 nitrogen and oxygen atoms in total. The van der Waals surface area contributed by atoms with Crippen molar-refractivity contribution >= 4 is 16.9 Å². The highest BCUT2D eigenvalue weighted by atomic mass is 16.5. The van der Waals surface area contributed by atoms with E-state index in [2.05, 4.69) is 20.5 Å². The quantitative estimate of drug-likeness (QED) is 0.789. The van der Waals surface area contributed by atoms with Gasteiger partial charge >= 0.3 is 0 Å². The van der Waals surface area contributed by atoms with Crippen molar-refractivity contribution in [2.75, 3.05) is 13.2 Å². The predicted octanol–water partition coefficient (Wildman–Crippen LogP) is 0.477. The highest BCUT2D eigenvalue weighted by Crippen LogP contribution is 2.09. The van der Waals surface area contributed by atoms with Crippen LogP contribution in [0, 0.1) is 0 Å². The highest BCUT2D eigenvalue weighted by molar-refractivity contribution is 5.94. The molecule has 0 spiro atoms. The minimum absolute atomic E-state index is 0.0989. The van der Waals surface area contributed by atoms with Crippen LogP contribution in [-0.2, 0) is 4.74 Å². The molecule has 0 bridgehead atoms. The van der Waals surface area contributed by atoms with E-state index in [1.54, 1.807) is 12.3 Å². The van der Waals surface area contributed by atoms with Gasteiger partial charge in [-0.2, -0.15) is 5.10 Å². The summed E-state index contributed by atoms with van der Waals surface area (Å²) in [6.07, 6.45) is 2.53. The minimum atomic E-state index is -0.169. The number of fused-ring (bicyclic) bond motifs is 1. The molecule has 1 amide bonds. The van der Waals surface area contributed by atoms with Gasteiger partial charge in [-0.1, -0.05) is 0 Å². The Balaban J connectivity index is 1.79. The minimum Gasteiger partial charge on any atom is -0.379 e. The number of pyridine rings is 1. The second-order valence-electron chi connectivity index (χ2n) is 4.04. The third-order valence-electron chi connectivity index (χ3n) is 2.80. The molecule has 17 heavy (non-hydrogen) atoms. The number of nitrogens with zero attached hydrogens (tertiary/aromatic N) is 2. The molecule has 0 aliphatic carbocycles. The fraction of sp³-hybridized carbons (Fsp3) is 0.364. The molecule has 2 aromatic rings. The number of aromatic amines is 1. The standard InChI is InChI=1S/C11H12N4O2/c16-11(13-8-3-4-17-6-8)9-2-1-7-5-12-15-10(7)14-9/h1-2,5,8H,3-4,6H2,(H,13,16)(H,12,14,15). The van der Waals surface area contributed by atoms with E-state index in [0.29, 0.717) is 24.6 Å². The van der Waals surface area contributed by atoms with Crippen LogP contribution in [0.2, 0.25) is 0 Å². The predicted molar refractivity (Wildman–Crippen MR) is 60.6 cm³/mol. The van der Waals surface area contributed by atoms with E-state index >= 15 is 0 Å². The van der Waals surface area contributed by atoms with E-state index in [4.69, 9.17) is 4.74 Å². The first-order chi connectivity index (χ1) is 8.33. The Morgan fingerprint density at radius 1 is 1.53 bits per heavy atom. The van der Waals surface area contributed by atoms with Gasteiger partial charge in [-0.05, 0) is 18.6 Å². The molecule has 88 valence electrons. The molecule has 1 aliphatic rings. The molecular formula is C11H12N4O2. The zero-order valence-corrected chi connectivity index (χ0v) is 9.14. The number of nitrogens with one attached hydrogen (secondary N) is 2. The number of ether oxygens (including phenoxy) is 1. The fourth-order valence-electron chi connectivity index (χ4n) is 1.86. The van der Waals surface area contributed by atoms with E-state index in [1.807, 2.05) is 6.07 Å². The average molecular weight is 232 g/mol. The maximum absolute atomic E-state index is 11.9. The summed E-state index contributed by atoms with van der Waals surface area (Å²) in [6, 6.07) is 3.62. The Labute approximate surface area is 97.4 Å². The number of amides is 1. The van der Waals surface area contributed by atoms with Gasteiger partial charge in [-0.15, -0.1) is 0 Å². The first-order valence-electron chi connectivity index (χ1n) is 5.52. The summed E-state index contributed by atoms with van der Waals surface area (Å²) in [5, 5.41) is 10.4. The third-order valence-corrected chi connectivity index (χ3v) is 2.80. The lowest BCUT2D eigenvalue weighted by Gasteiger charge is -2.09. The largest absolute Gasteiger partial charge is 0.379 e. The Morgan fingerprint density at radius 3 is 3.29 bits per heavy atom. The van der Waals surface area contributed by atoms with E-state index in [9.17, 15) is 4.79 Å². The Bertz CT molecular complexity index is 545. The van der Waals surface area contributed by atoms with Crippen LogP contribution in [-0.4, -0.2) is 40.3 Å². The van der Waals surface area contributed by atoms with Crippen molar-refractivity contribution in [3.63, 3.8) is 0 Å². The van der Waals surface area contributed by atoms with Crippen LogP contribution < -0.4 is 5.32 Å². The Kier molecular flexibility index (Phi) is 2.49. The molecule has 3 heterocycles. The van der Waals surface area contributed by atoms with Crippen molar-refractivity contribution in [1.29, 1.82) is 0 Å². The Morgan fingerprint density at radius 2 is 2.47 bits per heavy atom. The van der Waals surface area contributed by atoms with Crippen LogP contribution in [0.5, 0.6) is 0 Å². The molecule has 2 N–H and O–H groups in total. The van der Waals surface area contributed by atoms with Crippen LogP contribution in [0.25, 0.3) is 11.0 Å². The van der Waals surface area contributed by atoms with Crippen LogP contribution in [0.15, 0.2) is 18.3 Å². The van der Waals surface area contributed by atoms with Gasteiger partial charge in [0.25, 0.3) is 5.91 Å². The summed E-state index contributed by atoms with van der Waals surface area (Å²) in [4.78, 5) is 16.1. The van der Waals surface area contributed by atoms with E-state index in [1.165, 1.54) is 0 Å². The smallest absolute Gasteiger partial charge is 0.270 e. The molecule has 3 rings (SSSR count). The van der Waals surface area contributed by atoms with E-state index in [-0.39, 0.29) is 11.9 Å². The maximum atomic E-state index is 11.9. The van der Waals surface area contributed by atoms with Crippen molar-refractivity contribution in [3.05, 3.63) is 24.0 Å². The lowest BCUT2D eigenvalue weighted by Crippen LogP contribution is -2.35. The molecule has 0 radical (unpaired) electrons. The summed E-state index contributed by atoms with van der Waals surface area (Å²) in [7, 11) is 0. The Hall–Kier alpha value is -1.95. The van der Waals surface area contributed by atoms with Gasteiger partial charge in [-0.25, -0.2) is 4.98 Å². The van der Waals surface area contributed by atoms with Gasteiger partial charge in [-0.3, -0.25) is 9.89 Å². The summed E-state index contributed by atoms with van der Waals surface area (Å²) < 4.78 is 5.20. The molecule has 2 aromatic heterocycles. The number of aromatic nitrogens is 3. The number of rotatable bonds is 2. The summed E-state index contributed by atoms with van der Waals surface area (Å²) >= 11 is 0. The van der Waals surface area contributed by atoms with E-state index < -0.39 is 0 Å². The number of carbonyl (C=O) groups excluding carboxylic acids is 1. The van der Waals surface area contributed by atoms with Crippen LogP contribution in [0.4, 0.5) is 0 Å². The van der Waals surface area contributed by atoms with Gasteiger partial charge in [0.2, 0.25) is 0 Å². The summed E-state index contributed by atoms with van der Waals surface area (Å²) in [5.74, 6) is -0.169. The topological polar surface area (TPSA) is 79.9 Å². The number of carbonyl (C=O) groups is 1. The molecule has 1 atom stereocenters. The normalized spacial score (nSPS) is 19.6. The second-order valence-corrected chi connectivity index (χ2v) is 4.04. The molecule has 0 saturated carbocycles. The third kappa shape index (κ3) is 1.99. The van der Waals surface area contributed by atoms with E-state index in [0.717, 1.165) is 11.8 Å². The van der Waals surface area contributed by atoms with Gasteiger partial charge < -0.3 is 10.1 Å². The zero-order valence-electron chi connectivity index (χ0n) is 9.14. The maximum Gasteiger partial charge on any atom is 0.270 e. The van der Waals surface area contributed by atoms with Gasteiger partial charge in [0.05, 0.1) is 18.8 Å². The van der Waals surface area contributed by atoms with Crippen molar-refractivity contribution in [3.8, 4) is 0 Å². The highest BCUT2D eigenvalue weighted by Gasteiger charge is 2.19. The summed E-state index contributed by atoms with van der Waals surface area (Å²) in [6.45, 7) is 1.29. The first-order valence-corrected chi connectivity index (χ1v) is 5.52. The number of H-pyrrole nitrogens is 1. The van der Waals surface area contributed by atoms with Crippen LogP contribution >= 0.6 is 0 Å². The van der Waals surface area contributed by atoms with Crippen LogP contribution in [0.3, 0.4) is 0 Å². The molecule has 1 fully saturated rings. The molecular weight excluding hydrogens is 220 g/mol. The zero-order chi connectivity index (χ0) is 11.7. The average Bonchev–Trinajstić information content (AvgIpc) is 2.97. The molecule has 1 saturated heterocycles. The van der Waals surface area contributed by atoms with Crippen LogP contribution in [0.1, 0.15) is 16.9 Å². The lowest BCUT2D eigenvalue weighted by molar-refractivity contribution is 0.0925. The molecule has 1 unspecified atom stereocenters. The summed E-state index contributed by atoms with van der Waals surface area (Å²) in [5.41, 5.74) is 1.02. The second kappa shape index (κ2) is 4.14. The van der Waals surface area contributed by atoms with Crippen molar-refractivity contribution < 1.29 is 9.53 Å². The van der Waals surface area contributed by atoms with Crippen molar-refractivity contribution in [1.82, 2.24) is 20.5 Å².